The van der Waals surface area contributed by atoms with Crippen molar-refractivity contribution in [3.63, 3.8) is 0 Å². The molecular formula is C12H12N4O. The molecule has 0 unspecified atom stereocenters. The predicted octanol–water partition coefficient (Wildman–Crippen LogP) is 2.12. The third-order valence-electron chi connectivity index (χ3n) is 2.29. The summed E-state index contributed by atoms with van der Waals surface area (Å²) in [6.07, 6.45) is 4.12. The Morgan fingerprint density at radius 3 is 3.06 bits per heavy atom. The monoisotopic (exact) mass is 228 g/mol. The second kappa shape index (κ2) is 5.12. The van der Waals surface area contributed by atoms with Crippen LogP contribution < -0.4 is 5.32 Å². The third kappa shape index (κ3) is 2.61. The molecule has 1 N–H and O–H groups in total. The minimum Gasteiger partial charge on any atom is -0.444 e. The van der Waals surface area contributed by atoms with Crippen molar-refractivity contribution in [1.29, 1.82) is 5.26 Å². The van der Waals surface area contributed by atoms with E-state index < -0.39 is 0 Å². The van der Waals surface area contributed by atoms with Gasteiger partial charge in [0, 0.05) is 12.6 Å². The van der Waals surface area contributed by atoms with Gasteiger partial charge >= 0.3 is 0 Å². The first kappa shape index (κ1) is 11.1. The van der Waals surface area contributed by atoms with E-state index in [2.05, 4.69) is 15.3 Å². The molecule has 0 fully saturated rings. The molecule has 2 aromatic heterocycles. The summed E-state index contributed by atoms with van der Waals surface area (Å²) >= 11 is 0. The van der Waals surface area contributed by atoms with Gasteiger partial charge in [-0.3, -0.25) is 0 Å². The van der Waals surface area contributed by atoms with Crippen molar-refractivity contribution < 1.29 is 4.42 Å². The van der Waals surface area contributed by atoms with Crippen molar-refractivity contribution in [1.82, 2.24) is 9.97 Å². The molecule has 0 aromatic carbocycles. The molecule has 86 valence electrons. The molecular weight excluding hydrogens is 216 g/mol. The zero-order valence-electron chi connectivity index (χ0n) is 9.47. The number of pyridine rings is 1. The number of hydrogen-bond acceptors (Lipinski definition) is 5. The molecule has 17 heavy (non-hydrogen) atoms. The van der Waals surface area contributed by atoms with Gasteiger partial charge < -0.3 is 9.73 Å². The van der Waals surface area contributed by atoms with E-state index in [1.807, 2.05) is 13.0 Å². The van der Waals surface area contributed by atoms with E-state index in [-0.39, 0.29) is 0 Å². The van der Waals surface area contributed by atoms with Gasteiger partial charge in [-0.15, -0.1) is 0 Å². The summed E-state index contributed by atoms with van der Waals surface area (Å²) in [5.74, 6) is 1.46. The molecule has 0 bridgehead atoms. The smallest absolute Gasteiger partial charge is 0.213 e. The van der Waals surface area contributed by atoms with Crippen molar-refractivity contribution in [2.75, 3.05) is 5.32 Å². The summed E-state index contributed by atoms with van der Waals surface area (Å²) in [5.41, 5.74) is 1.06. The van der Waals surface area contributed by atoms with Crippen molar-refractivity contribution in [2.24, 2.45) is 0 Å². The zero-order valence-corrected chi connectivity index (χ0v) is 9.47. The van der Waals surface area contributed by atoms with Crippen LogP contribution >= 0.6 is 0 Å². The molecule has 0 spiro atoms. The lowest BCUT2D eigenvalue weighted by Gasteiger charge is -2.04. The average molecular weight is 228 g/mol. The molecule has 2 heterocycles. The Morgan fingerprint density at radius 1 is 1.47 bits per heavy atom. The van der Waals surface area contributed by atoms with Gasteiger partial charge in [-0.1, -0.05) is 6.92 Å². The van der Waals surface area contributed by atoms with Crippen molar-refractivity contribution in [2.45, 2.75) is 19.9 Å². The number of aromatic nitrogens is 2. The van der Waals surface area contributed by atoms with Gasteiger partial charge in [-0.2, -0.15) is 5.26 Å². The third-order valence-corrected chi connectivity index (χ3v) is 2.29. The summed E-state index contributed by atoms with van der Waals surface area (Å²) < 4.78 is 5.45. The largest absolute Gasteiger partial charge is 0.444 e. The van der Waals surface area contributed by atoms with Gasteiger partial charge in [0.05, 0.1) is 18.4 Å². The van der Waals surface area contributed by atoms with E-state index in [0.29, 0.717) is 23.8 Å². The predicted molar refractivity (Wildman–Crippen MR) is 62.2 cm³/mol. The fourth-order valence-electron chi connectivity index (χ4n) is 1.40. The van der Waals surface area contributed by atoms with Crippen molar-refractivity contribution in [3.05, 3.63) is 41.9 Å². The van der Waals surface area contributed by atoms with Gasteiger partial charge in [0.25, 0.3) is 0 Å². The molecule has 0 atom stereocenters. The maximum absolute atomic E-state index is 8.87. The molecule has 2 aromatic rings. The van der Waals surface area contributed by atoms with Gasteiger partial charge in [-0.05, 0) is 12.1 Å². The van der Waals surface area contributed by atoms with E-state index >= 15 is 0 Å². The number of nitriles is 1. The first-order chi connectivity index (χ1) is 8.33. The highest BCUT2D eigenvalue weighted by atomic mass is 16.4. The van der Waals surface area contributed by atoms with Gasteiger partial charge in [0.1, 0.15) is 11.8 Å². The molecule has 0 saturated carbocycles. The quantitative estimate of drug-likeness (QED) is 0.867. The lowest BCUT2D eigenvalue weighted by molar-refractivity contribution is 0.466. The molecule has 0 aliphatic rings. The average Bonchev–Trinajstić information content (AvgIpc) is 2.84. The van der Waals surface area contributed by atoms with Gasteiger partial charge in [0.2, 0.25) is 5.89 Å². The number of hydrogen-bond donors (Lipinski definition) is 1. The second-order valence-electron chi connectivity index (χ2n) is 3.44. The molecule has 0 saturated heterocycles. The fourth-order valence-corrected chi connectivity index (χ4v) is 1.40. The summed E-state index contributed by atoms with van der Waals surface area (Å²) in [6.45, 7) is 2.45. The highest BCUT2D eigenvalue weighted by Gasteiger charge is 2.05. The highest BCUT2D eigenvalue weighted by molar-refractivity contribution is 5.53. The molecule has 0 radical (unpaired) electrons. The lowest BCUT2D eigenvalue weighted by Crippen LogP contribution is -2.02. The van der Waals surface area contributed by atoms with Crippen LogP contribution in [0.5, 0.6) is 0 Å². The number of nitrogens with zero attached hydrogens (tertiary/aromatic N) is 3. The Kier molecular flexibility index (Phi) is 3.36. The standard InChI is InChI=1S/C12H12N4O/c1-2-9-7-16-12(17-9)8-15-10-4-3-5-14-11(10)6-13/h3-5,7,15H,2,8H2,1H3. The van der Waals surface area contributed by atoms with E-state index in [9.17, 15) is 0 Å². The molecule has 5 heteroatoms. The second-order valence-corrected chi connectivity index (χ2v) is 3.44. The first-order valence-electron chi connectivity index (χ1n) is 5.36. The van der Waals surface area contributed by atoms with E-state index in [4.69, 9.17) is 9.68 Å². The molecule has 5 nitrogen and oxygen atoms in total. The van der Waals surface area contributed by atoms with Gasteiger partial charge in [0.15, 0.2) is 5.69 Å². The van der Waals surface area contributed by atoms with E-state index in [1.165, 1.54) is 0 Å². The van der Waals surface area contributed by atoms with Crippen LogP contribution in [0.2, 0.25) is 0 Å². The molecule has 2 rings (SSSR count). The SMILES string of the molecule is CCc1cnc(CNc2cccnc2C#N)o1. The molecule has 0 aliphatic heterocycles. The van der Waals surface area contributed by atoms with Gasteiger partial charge in [-0.25, -0.2) is 9.97 Å². The Morgan fingerprint density at radius 2 is 2.35 bits per heavy atom. The normalized spacial score (nSPS) is 9.88. The van der Waals surface area contributed by atoms with Crippen LogP contribution in [0.3, 0.4) is 0 Å². The number of nitrogens with one attached hydrogen (secondary N) is 1. The Hall–Kier alpha value is -2.35. The lowest BCUT2D eigenvalue weighted by atomic mass is 10.3. The Labute approximate surface area is 99.1 Å². The van der Waals surface area contributed by atoms with Crippen LogP contribution in [0.4, 0.5) is 5.69 Å². The first-order valence-corrected chi connectivity index (χ1v) is 5.36. The number of aryl methyl sites for hydroxylation is 1. The van der Waals surface area contributed by atoms with Crippen LogP contribution in [-0.4, -0.2) is 9.97 Å². The van der Waals surface area contributed by atoms with Crippen LogP contribution in [0.1, 0.15) is 24.3 Å². The zero-order chi connectivity index (χ0) is 12.1. The fraction of sp³-hybridized carbons (Fsp3) is 0.250. The van der Waals surface area contributed by atoms with Crippen LogP contribution in [0.15, 0.2) is 28.9 Å². The maximum atomic E-state index is 8.87. The summed E-state index contributed by atoms with van der Waals surface area (Å²) in [6, 6.07) is 5.60. The van der Waals surface area contributed by atoms with Crippen LogP contribution in [0.25, 0.3) is 0 Å². The topological polar surface area (TPSA) is 74.7 Å². The number of rotatable bonds is 4. The minimum absolute atomic E-state index is 0.370. The Balaban J connectivity index is 2.05. The summed E-state index contributed by atoms with van der Waals surface area (Å²) in [4.78, 5) is 8.08. The maximum Gasteiger partial charge on any atom is 0.213 e. The van der Waals surface area contributed by atoms with Crippen molar-refractivity contribution >= 4 is 5.69 Å². The van der Waals surface area contributed by atoms with E-state index in [1.54, 1.807) is 24.5 Å². The highest BCUT2D eigenvalue weighted by Crippen LogP contribution is 2.12. The molecule has 0 aliphatic carbocycles. The van der Waals surface area contributed by atoms with Crippen LogP contribution in [0, 0.1) is 11.3 Å². The number of oxazole rings is 1. The molecule has 0 amide bonds. The number of anilines is 1. The minimum atomic E-state index is 0.370. The summed E-state index contributed by atoms with van der Waals surface area (Å²) in [5, 5.41) is 11.9. The summed E-state index contributed by atoms with van der Waals surface area (Å²) in [7, 11) is 0. The van der Waals surface area contributed by atoms with Crippen molar-refractivity contribution in [3.8, 4) is 6.07 Å². The van der Waals surface area contributed by atoms with E-state index in [0.717, 1.165) is 12.2 Å². The van der Waals surface area contributed by atoms with Crippen LogP contribution in [-0.2, 0) is 13.0 Å². The Bertz CT molecular complexity index is 541.